The first-order chi connectivity index (χ1) is 13.2. The lowest BCUT2D eigenvalue weighted by molar-refractivity contribution is -0.131. The summed E-state index contributed by atoms with van der Waals surface area (Å²) in [5.74, 6) is 0.998. The van der Waals surface area contributed by atoms with Crippen LogP contribution >= 0.6 is 0 Å². The van der Waals surface area contributed by atoms with E-state index < -0.39 is 0 Å². The van der Waals surface area contributed by atoms with Crippen LogP contribution in [-0.2, 0) is 30.8 Å². The average molecular weight is 368 g/mol. The van der Waals surface area contributed by atoms with E-state index in [0.717, 1.165) is 56.2 Å². The number of hydrogen-bond acceptors (Lipinski definition) is 4. The fourth-order valence-corrected chi connectivity index (χ4v) is 4.04. The highest BCUT2D eigenvalue weighted by atomic mass is 16.5. The molecule has 0 unspecified atom stereocenters. The Balaban J connectivity index is 1.45. The maximum Gasteiger partial charge on any atom is 0.227 e. The third-order valence-electron chi connectivity index (χ3n) is 5.64. The molecular formula is C21H28N4O2. The van der Waals surface area contributed by atoms with Crippen molar-refractivity contribution >= 4 is 5.91 Å². The number of nitrogens with zero attached hydrogens (tertiary/aromatic N) is 4. The smallest absolute Gasteiger partial charge is 0.227 e. The van der Waals surface area contributed by atoms with Crippen LogP contribution in [-0.4, -0.2) is 52.0 Å². The van der Waals surface area contributed by atoms with Gasteiger partial charge >= 0.3 is 0 Å². The molecule has 1 amide bonds. The minimum Gasteiger partial charge on any atom is -0.497 e. The largest absolute Gasteiger partial charge is 0.497 e. The molecule has 1 aromatic carbocycles. The minimum absolute atomic E-state index is 0.182. The number of aryl methyl sites for hydroxylation is 1. The number of methoxy groups -OCH3 is 1. The lowest BCUT2D eigenvalue weighted by Crippen LogP contribution is -2.32. The lowest BCUT2D eigenvalue weighted by atomic mass is 10.1. The molecule has 0 saturated carbocycles. The molecular weight excluding hydrogens is 340 g/mol. The van der Waals surface area contributed by atoms with E-state index in [2.05, 4.69) is 14.5 Å². The number of amides is 1. The number of hydrogen-bond donors (Lipinski definition) is 0. The van der Waals surface area contributed by atoms with E-state index >= 15 is 0 Å². The molecule has 2 aromatic rings. The van der Waals surface area contributed by atoms with Crippen LogP contribution in [0.3, 0.4) is 0 Å². The predicted molar refractivity (Wildman–Crippen MR) is 103 cm³/mol. The van der Waals surface area contributed by atoms with Gasteiger partial charge in [0.05, 0.1) is 37.8 Å². The van der Waals surface area contributed by atoms with Crippen molar-refractivity contribution in [1.82, 2.24) is 19.4 Å². The van der Waals surface area contributed by atoms with E-state index in [1.165, 1.54) is 18.5 Å². The second-order valence-electron chi connectivity index (χ2n) is 7.51. The van der Waals surface area contributed by atoms with Gasteiger partial charge in [0.15, 0.2) is 0 Å². The molecule has 0 aliphatic carbocycles. The van der Waals surface area contributed by atoms with E-state index in [9.17, 15) is 4.79 Å². The summed E-state index contributed by atoms with van der Waals surface area (Å²) in [6.07, 6.45) is 5.92. The molecule has 6 nitrogen and oxygen atoms in total. The molecule has 6 heteroatoms. The molecule has 3 heterocycles. The monoisotopic (exact) mass is 368 g/mol. The summed E-state index contributed by atoms with van der Waals surface area (Å²) >= 11 is 0. The topological polar surface area (TPSA) is 50.6 Å². The lowest BCUT2D eigenvalue weighted by Gasteiger charge is -2.21. The number of imidazole rings is 1. The number of likely N-dealkylation sites (tertiary alicyclic amines) is 1. The SMILES string of the molecule is COc1ccc(CC(=O)N2CCCn3cnc(CN4CCCC4)c3C2)cc1. The number of fused-ring (bicyclic) bond motifs is 1. The van der Waals surface area contributed by atoms with Crippen LogP contribution in [0.1, 0.15) is 36.2 Å². The molecule has 0 N–H and O–H groups in total. The Bertz CT molecular complexity index is 778. The highest BCUT2D eigenvalue weighted by molar-refractivity contribution is 5.78. The van der Waals surface area contributed by atoms with Crippen molar-refractivity contribution in [2.45, 2.75) is 45.3 Å². The summed E-state index contributed by atoms with van der Waals surface area (Å²) in [5.41, 5.74) is 3.37. The van der Waals surface area contributed by atoms with Gasteiger partial charge in [-0.05, 0) is 50.0 Å². The Morgan fingerprint density at radius 3 is 2.59 bits per heavy atom. The number of ether oxygens (including phenoxy) is 1. The van der Waals surface area contributed by atoms with Gasteiger partial charge in [0.1, 0.15) is 5.75 Å². The zero-order valence-corrected chi connectivity index (χ0v) is 16.1. The van der Waals surface area contributed by atoms with Gasteiger partial charge in [0.25, 0.3) is 0 Å². The molecule has 1 saturated heterocycles. The first kappa shape index (κ1) is 18.0. The molecule has 0 spiro atoms. The van der Waals surface area contributed by atoms with Crippen molar-refractivity contribution in [3.8, 4) is 5.75 Å². The highest BCUT2D eigenvalue weighted by Crippen LogP contribution is 2.21. The highest BCUT2D eigenvalue weighted by Gasteiger charge is 2.24. The predicted octanol–water partition coefficient (Wildman–Crippen LogP) is 2.46. The summed E-state index contributed by atoms with van der Waals surface area (Å²) < 4.78 is 7.44. The van der Waals surface area contributed by atoms with Crippen LogP contribution in [0, 0.1) is 0 Å². The van der Waals surface area contributed by atoms with E-state index in [-0.39, 0.29) is 5.91 Å². The van der Waals surface area contributed by atoms with Gasteiger partial charge in [-0.3, -0.25) is 9.69 Å². The summed E-state index contributed by atoms with van der Waals surface area (Å²) in [6.45, 7) is 5.63. The minimum atomic E-state index is 0.182. The van der Waals surface area contributed by atoms with Crippen LogP contribution in [0.15, 0.2) is 30.6 Å². The standard InChI is InChI=1S/C21H28N4O2/c1-27-18-7-5-17(6-8-18)13-21(26)24-11-4-12-25-16-22-19(20(25)15-24)14-23-9-2-3-10-23/h5-8,16H,2-4,9-15H2,1H3. The third kappa shape index (κ3) is 4.16. The Hall–Kier alpha value is -2.34. The molecule has 1 fully saturated rings. The Morgan fingerprint density at radius 1 is 1.07 bits per heavy atom. The zero-order chi connectivity index (χ0) is 18.6. The maximum absolute atomic E-state index is 12.9. The van der Waals surface area contributed by atoms with E-state index in [1.807, 2.05) is 35.5 Å². The Labute approximate surface area is 160 Å². The number of carbonyl (C=O) groups excluding carboxylic acids is 1. The van der Waals surface area contributed by atoms with Crippen molar-refractivity contribution in [1.29, 1.82) is 0 Å². The van der Waals surface area contributed by atoms with E-state index in [0.29, 0.717) is 13.0 Å². The molecule has 2 aliphatic heterocycles. The second-order valence-corrected chi connectivity index (χ2v) is 7.51. The van der Waals surface area contributed by atoms with Crippen molar-refractivity contribution in [3.63, 3.8) is 0 Å². The van der Waals surface area contributed by atoms with Gasteiger partial charge in [0, 0.05) is 19.6 Å². The van der Waals surface area contributed by atoms with Gasteiger partial charge in [-0.25, -0.2) is 4.98 Å². The molecule has 0 atom stereocenters. The van der Waals surface area contributed by atoms with Crippen LogP contribution < -0.4 is 4.74 Å². The third-order valence-corrected chi connectivity index (χ3v) is 5.64. The second kappa shape index (κ2) is 8.13. The van der Waals surface area contributed by atoms with Gasteiger partial charge in [-0.1, -0.05) is 12.1 Å². The van der Waals surface area contributed by atoms with Gasteiger partial charge in [0.2, 0.25) is 5.91 Å². The van der Waals surface area contributed by atoms with Crippen LogP contribution in [0.5, 0.6) is 5.75 Å². The number of aromatic nitrogens is 2. The van der Waals surface area contributed by atoms with Crippen LogP contribution in [0.2, 0.25) is 0 Å². The quantitative estimate of drug-likeness (QED) is 0.814. The summed E-state index contributed by atoms with van der Waals surface area (Å²) in [4.78, 5) is 22.1. The maximum atomic E-state index is 12.9. The molecule has 0 radical (unpaired) electrons. The van der Waals surface area contributed by atoms with E-state index in [4.69, 9.17) is 4.74 Å². The molecule has 0 bridgehead atoms. The van der Waals surface area contributed by atoms with E-state index in [1.54, 1.807) is 7.11 Å². The molecule has 1 aromatic heterocycles. The van der Waals surface area contributed by atoms with Crippen LogP contribution in [0.4, 0.5) is 0 Å². The molecule has 144 valence electrons. The van der Waals surface area contributed by atoms with Crippen molar-refractivity contribution in [2.75, 3.05) is 26.7 Å². The summed E-state index contributed by atoms with van der Waals surface area (Å²) in [6, 6.07) is 7.76. The fourth-order valence-electron chi connectivity index (χ4n) is 4.04. The molecule has 4 rings (SSSR count). The number of benzene rings is 1. The average Bonchev–Trinajstić information content (AvgIpc) is 3.27. The summed E-state index contributed by atoms with van der Waals surface area (Å²) in [7, 11) is 1.65. The Kier molecular flexibility index (Phi) is 5.43. The fraction of sp³-hybridized carbons (Fsp3) is 0.524. The molecule has 27 heavy (non-hydrogen) atoms. The zero-order valence-electron chi connectivity index (χ0n) is 16.1. The van der Waals surface area contributed by atoms with Crippen molar-refractivity contribution in [3.05, 3.63) is 47.5 Å². The Morgan fingerprint density at radius 2 is 1.85 bits per heavy atom. The normalized spacial score (nSPS) is 17.6. The van der Waals surface area contributed by atoms with Gasteiger partial charge < -0.3 is 14.2 Å². The first-order valence-corrected chi connectivity index (χ1v) is 9.89. The molecule has 2 aliphatic rings. The van der Waals surface area contributed by atoms with Crippen LogP contribution in [0.25, 0.3) is 0 Å². The first-order valence-electron chi connectivity index (χ1n) is 9.89. The van der Waals surface area contributed by atoms with Gasteiger partial charge in [-0.15, -0.1) is 0 Å². The number of carbonyl (C=O) groups is 1. The van der Waals surface area contributed by atoms with Gasteiger partial charge in [-0.2, -0.15) is 0 Å². The van der Waals surface area contributed by atoms with Crippen molar-refractivity contribution in [2.24, 2.45) is 0 Å². The number of rotatable bonds is 5. The summed E-state index contributed by atoms with van der Waals surface area (Å²) in [5, 5.41) is 0. The van der Waals surface area contributed by atoms with Crippen molar-refractivity contribution < 1.29 is 9.53 Å².